The summed E-state index contributed by atoms with van der Waals surface area (Å²) < 4.78 is 2.00. The molecule has 0 fully saturated rings. The van der Waals surface area contributed by atoms with Crippen LogP contribution in [-0.2, 0) is 11.3 Å². The van der Waals surface area contributed by atoms with E-state index < -0.39 is 0 Å². The Morgan fingerprint density at radius 2 is 2.09 bits per heavy atom. The van der Waals surface area contributed by atoms with Crippen molar-refractivity contribution in [3.8, 4) is 11.4 Å². The van der Waals surface area contributed by atoms with Crippen LogP contribution in [0.4, 0.5) is 5.13 Å². The molecule has 23 heavy (non-hydrogen) atoms. The fourth-order valence-corrected chi connectivity index (χ4v) is 3.26. The molecule has 0 aliphatic carbocycles. The van der Waals surface area contributed by atoms with E-state index >= 15 is 0 Å². The van der Waals surface area contributed by atoms with Gasteiger partial charge in [0.2, 0.25) is 11.0 Å². The smallest absolute Gasteiger partial charge is 0.236 e. The molecule has 9 heteroatoms. The minimum atomic E-state index is -0.140. The number of nitrogens with zero attached hydrogens (tertiary/aromatic N) is 5. The average Bonchev–Trinajstić information content (AvgIpc) is 3.22. The number of rotatable bonds is 6. The number of hydrogen-bond donors (Lipinski definition) is 1. The van der Waals surface area contributed by atoms with Gasteiger partial charge in [0.05, 0.1) is 5.75 Å². The molecule has 7 nitrogen and oxygen atoms in total. The molecule has 0 unspecified atom stereocenters. The normalized spacial score (nSPS) is 10.7. The summed E-state index contributed by atoms with van der Waals surface area (Å²) in [7, 11) is 0. The quantitative estimate of drug-likeness (QED) is 0.690. The largest absolute Gasteiger partial charge is 0.302 e. The van der Waals surface area contributed by atoms with Crippen LogP contribution in [0.15, 0.2) is 41.0 Å². The number of carbonyl (C=O) groups excluding carboxylic acids is 1. The summed E-state index contributed by atoms with van der Waals surface area (Å²) in [6.45, 7) is 2.76. The molecule has 1 N–H and O–H groups in total. The van der Waals surface area contributed by atoms with Gasteiger partial charge in [0, 0.05) is 12.1 Å². The Balaban J connectivity index is 1.69. The third kappa shape index (κ3) is 3.74. The van der Waals surface area contributed by atoms with Gasteiger partial charge in [0.25, 0.3) is 0 Å². The Labute approximate surface area is 141 Å². The van der Waals surface area contributed by atoms with Crippen LogP contribution in [0.2, 0.25) is 0 Å². The highest BCUT2D eigenvalue weighted by atomic mass is 32.2. The number of benzene rings is 1. The van der Waals surface area contributed by atoms with E-state index in [1.54, 1.807) is 5.51 Å². The van der Waals surface area contributed by atoms with Crippen molar-refractivity contribution in [2.45, 2.75) is 18.6 Å². The summed E-state index contributed by atoms with van der Waals surface area (Å²) in [6.07, 6.45) is 0. The molecule has 0 saturated heterocycles. The van der Waals surface area contributed by atoms with Gasteiger partial charge in [-0.15, -0.1) is 20.4 Å². The summed E-state index contributed by atoms with van der Waals surface area (Å²) in [5.74, 6) is 0.908. The van der Waals surface area contributed by atoms with Crippen LogP contribution in [0.25, 0.3) is 11.4 Å². The molecule has 3 rings (SSSR count). The van der Waals surface area contributed by atoms with Gasteiger partial charge in [-0.25, -0.2) is 0 Å². The highest BCUT2D eigenvalue weighted by Crippen LogP contribution is 2.23. The van der Waals surface area contributed by atoms with Crippen LogP contribution < -0.4 is 5.32 Å². The van der Waals surface area contributed by atoms with Crippen molar-refractivity contribution in [3.63, 3.8) is 0 Å². The van der Waals surface area contributed by atoms with Gasteiger partial charge in [-0.3, -0.25) is 10.1 Å². The molecule has 3 aromatic rings. The molecule has 1 amide bonds. The number of thioether (sulfide) groups is 1. The highest BCUT2D eigenvalue weighted by Gasteiger charge is 2.14. The molecule has 0 atom stereocenters. The third-order valence-corrected chi connectivity index (χ3v) is 4.58. The lowest BCUT2D eigenvalue weighted by atomic mass is 10.2. The van der Waals surface area contributed by atoms with Crippen molar-refractivity contribution in [3.05, 3.63) is 35.8 Å². The lowest BCUT2D eigenvalue weighted by molar-refractivity contribution is -0.113. The molecule has 2 heterocycles. The van der Waals surface area contributed by atoms with Gasteiger partial charge in [0.1, 0.15) is 5.51 Å². The second kappa shape index (κ2) is 7.34. The topological polar surface area (TPSA) is 85.6 Å². The van der Waals surface area contributed by atoms with Crippen molar-refractivity contribution in [2.24, 2.45) is 0 Å². The number of anilines is 1. The Hall–Kier alpha value is -2.26. The van der Waals surface area contributed by atoms with E-state index in [0.29, 0.717) is 5.13 Å². The first-order valence-corrected chi connectivity index (χ1v) is 8.82. The lowest BCUT2D eigenvalue weighted by Crippen LogP contribution is -2.14. The van der Waals surface area contributed by atoms with E-state index in [9.17, 15) is 4.79 Å². The van der Waals surface area contributed by atoms with Crippen molar-refractivity contribution in [2.75, 3.05) is 11.1 Å². The average molecular weight is 346 g/mol. The van der Waals surface area contributed by atoms with Crippen LogP contribution in [0, 0.1) is 0 Å². The first-order valence-electron chi connectivity index (χ1n) is 6.95. The van der Waals surface area contributed by atoms with E-state index in [-0.39, 0.29) is 11.7 Å². The monoisotopic (exact) mass is 346 g/mol. The molecule has 0 aliphatic rings. The minimum Gasteiger partial charge on any atom is -0.302 e. The predicted octanol–water partition coefficient (Wildman–Crippen LogP) is 2.55. The molecule has 0 saturated carbocycles. The van der Waals surface area contributed by atoms with Crippen molar-refractivity contribution in [1.82, 2.24) is 25.0 Å². The van der Waals surface area contributed by atoms with Crippen LogP contribution >= 0.6 is 23.1 Å². The summed E-state index contributed by atoms with van der Waals surface area (Å²) in [5.41, 5.74) is 2.58. The minimum absolute atomic E-state index is 0.140. The van der Waals surface area contributed by atoms with E-state index in [1.165, 1.54) is 23.1 Å². The maximum Gasteiger partial charge on any atom is 0.236 e. The second-order valence-corrected chi connectivity index (χ2v) is 6.27. The summed E-state index contributed by atoms with van der Waals surface area (Å²) >= 11 is 2.64. The van der Waals surface area contributed by atoms with Gasteiger partial charge in [-0.05, 0) is 6.92 Å². The van der Waals surface area contributed by atoms with Gasteiger partial charge in [0.15, 0.2) is 11.0 Å². The van der Waals surface area contributed by atoms with Gasteiger partial charge < -0.3 is 4.57 Å². The Morgan fingerprint density at radius 1 is 1.26 bits per heavy atom. The van der Waals surface area contributed by atoms with Crippen LogP contribution in [0.3, 0.4) is 0 Å². The third-order valence-electron chi connectivity index (χ3n) is 3.00. The van der Waals surface area contributed by atoms with E-state index in [1.807, 2.05) is 41.8 Å². The number of nitrogens with one attached hydrogen (secondary N) is 1. The first kappa shape index (κ1) is 15.6. The van der Waals surface area contributed by atoms with E-state index in [4.69, 9.17) is 0 Å². The zero-order valence-corrected chi connectivity index (χ0v) is 14.0. The van der Waals surface area contributed by atoms with E-state index in [2.05, 4.69) is 25.7 Å². The zero-order chi connectivity index (χ0) is 16.1. The Bertz CT molecular complexity index is 772. The number of amides is 1. The van der Waals surface area contributed by atoms with Crippen molar-refractivity contribution < 1.29 is 4.79 Å². The Kier molecular flexibility index (Phi) is 4.99. The van der Waals surface area contributed by atoms with E-state index in [0.717, 1.165) is 23.1 Å². The van der Waals surface area contributed by atoms with Crippen molar-refractivity contribution in [1.29, 1.82) is 0 Å². The fourth-order valence-electron chi connectivity index (χ4n) is 1.99. The molecular formula is C14H14N6OS2. The SMILES string of the molecule is CCn1c(SCC(=O)Nc2nncs2)nnc1-c1ccccc1. The highest BCUT2D eigenvalue weighted by molar-refractivity contribution is 7.99. The summed E-state index contributed by atoms with van der Waals surface area (Å²) in [6, 6.07) is 9.88. The van der Waals surface area contributed by atoms with Crippen LogP contribution in [-0.4, -0.2) is 36.6 Å². The predicted molar refractivity (Wildman–Crippen MR) is 90.4 cm³/mol. The maximum absolute atomic E-state index is 11.9. The summed E-state index contributed by atoms with van der Waals surface area (Å²) in [5, 5.41) is 19.8. The standard InChI is InChI=1S/C14H14N6OS2/c1-2-20-12(10-6-4-3-5-7-10)17-19-14(20)22-8-11(21)16-13-18-15-9-23-13/h3-7,9H,2,8H2,1H3,(H,16,18,21). The number of carbonyl (C=O) groups is 1. The van der Waals surface area contributed by atoms with Gasteiger partial charge in [-0.2, -0.15) is 0 Å². The maximum atomic E-state index is 11.9. The molecular weight excluding hydrogens is 332 g/mol. The molecule has 0 radical (unpaired) electrons. The van der Waals surface area contributed by atoms with Crippen LogP contribution in [0.5, 0.6) is 0 Å². The molecule has 118 valence electrons. The number of hydrogen-bond acceptors (Lipinski definition) is 7. The molecule has 0 aliphatic heterocycles. The molecule has 0 bridgehead atoms. The second-order valence-electron chi connectivity index (χ2n) is 4.50. The molecule has 2 aromatic heterocycles. The molecule has 0 spiro atoms. The fraction of sp³-hybridized carbons (Fsp3) is 0.214. The lowest BCUT2D eigenvalue weighted by Gasteiger charge is -2.07. The van der Waals surface area contributed by atoms with Gasteiger partial charge >= 0.3 is 0 Å². The number of aromatic nitrogens is 5. The summed E-state index contributed by atoms with van der Waals surface area (Å²) in [4.78, 5) is 11.9. The van der Waals surface area contributed by atoms with Gasteiger partial charge in [-0.1, -0.05) is 53.4 Å². The first-order chi connectivity index (χ1) is 11.3. The zero-order valence-electron chi connectivity index (χ0n) is 12.3. The van der Waals surface area contributed by atoms with Crippen molar-refractivity contribution >= 4 is 34.1 Å². The Morgan fingerprint density at radius 3 is 2.78 bits per heavy atom. The van der Waals surface area contributed by atoms with Crippen LogP contribution in [0.1, 0.15) is 6.92 Å². The molecule has 1 aromatic carbocycles.